The van der Waals surface area contributed by atoms with Gasteiger partial charge in [0, 0.05) is 11.6 Å². The number of carbonyl (C=O) groups excluding carboxylic acids is 1. The van der Waals surface area contributed by atoms with Crippen molar-refractivity contribution in [1.82, 2.24) is 15.0 Å². The first-order valence-electron chi connectivity index (χ1n) is 8.43. The first-order chi connectivity index (χ1) is 12.3. The van der Waals surface area contributed by atoms with Gasteiger partial charge in [-0.15, -0.1) is 11.3 Å². The number of hydrogen-bond acceptors (Lipinski definition) is 5. The highest BCUT2D eigenvalue weighted by atomic mass is 32.1. The molecule has 1 amide bonds. The molecule has 0 unspecified atom stereocenters. The van der Waals surface area contributed by atoms with Crippen LogP contribution in [0.5, 0.6) is 0 Å². The van der Waals surface area contributed by atoms with Crippen molar-refractivity contribution in [2.75, 3.05) is 0 Å². The summed E-state index contributed by atoms with van der Waals surface area (Å²) in [7, 11) is 0. The lowest BCUT2D eigenvalue weighted by molar-refractivity contribution is 0.1000. The monoisotopic (exact) mass is 366 g/mol. The van der Waals surface area contributed by atoms with Gasteiger partial charge < -0.3 is 5.73 Å². The van der Waals surface area contributed by atoms with Crippen molar-refractivity contribution < 1.29 is 4.79 Å². The Morgan fingerprint density at radius 3 is 2.42 bits per heavy atom. The van der Waals surface area contributed by atoms with Gasteiger partial charge in [-0.2, -0.15) is 0 Å². The number of nitrogens with zero attached hydrogens (tertiary/aromatic N) is 3. The summed E-state index contributed by atoms with van der Waals surface area (Å²) >= 11 is 1.27. The minimum Gasteiger partial charge on any atom is -0.364 e. The molecule has 5 nitrogen and oxygen atoms in total. The number of amides is 1. The summed E-state index contributed by atoms with van der Waals surface area (Å²) in [6, 6.07) is 10.4. The number of benzene rings is 1. The summed E-state index contributed by atoms with van der Waals surface area (Å²) < 4.78 is 0. The van der Waals surface area contributed by atoms with Crippen LogP contribution in [0.3, 0.4) is 0 Å². The maximum Gasteiger partial charge on any atom is 0.277 e. The number of primary amides is 1. The van der Waals surface area contributed by atoms with E-state index in [2.05, 4.69) is 55.0 Å². The zero-order chi connectivity index (χ0) is 18.9. The Morgan fingerprint density at radius 2 is 1.81 bits per heavy atom. The molecular formula is C20H22N4OS. The van der Waals surface area contributed by atoms with E-state index in [-0.39, 0.29) is 5.41 Å². The molecule has 0 atom stereocenters. The van der Waals surface area contributed by atoms with Crippen LogP contribution in [-0.4, -0.2) is 20.9 Å². The van der Waals surface area contributed by atoms with Crippen LogP contribution >= 0.6 is 11.3 Å². The van der Waals surface area contributed by atoms with Gasteiger partial charge in [0.25, 0.3) is 5.91 Å². The topological polar surface area (TPSA) is 81.8 Å². The molecule has 0 aliphatic heterocycles. The predicted molar refractivity (Wildman–Crippen MR) is 104 cm³/mol. The minimum absolute atomic E-state index is 0.226. The molecule has 2 heterocycles. The maximum absolute atomic E-state index is 11.4. The van der Waals surface area contributed by atoms with Gasteiger partial charge in [0.15, 0.2) is 5.01 Å². The number of hydrogen-bond donors (Lipinski definition) is 1. The third-order valence-electron chi connectivity index (χ3n) is 4.27. The van der Waals surface area contributed by atoms with Crippen LogP contribution in [0.25, 0.3) is 10.6 Å². The van der Waals surface area contributed by atoms with Crippen molar-refractivity contribution in [3.8, 4) is 10.6 Å². The maximum atomic E-state index is 11.4. The first-order valence-corrected chi connectivity index (χ1v) is 9.24. The SMILES string of the molecule is Cc1ccc(CC(C)(C)c2nccc(-c3sc(C(N)=O)nc3C)n2)cc1. The summed E-state index contributed by atoms with van der Waals surface area (Å²) in [4.78, 5) is 25.8. The van der Waals surface area contributed by atoms with Gasteiger partial charge in [0.1, 0.15) is 5.82 Å². The fourth-order valence-corrected chi connectivity index (χ4v) is 3.73. The molecule has 0 fully saturated rings. The zero-order valence-corrected chi connectivity index (χ0v) is 16.2. The van der Waals surface area contributed by atoms with E-state index in [0.717, 1.165) is 28.5 Å². The number of aromatic nitrogens is 3. The van der Waals surface area contributed by atoms with Crippen LogP contribution in [0.1, 0.15) is 46.3 Å². The molecule has 2 aromatic heterocycles. The molecule has 26 heavy (non-hydrogen) atoms. The molecule has 0 saturated carbocycles. The van der Waals surface area contributed by atoms with Crippen molar-refractivity contribution in [2.45, 2.75) is 39.5 Å². The molecule has 0 aliphatic rings. The van der Waals surface area contributed by atoms with Gasteiger partial charge in [-0.25, -0.2) is 15.0 Å². The summed E-state index contributed by atoms with van der Waals surface area (Å²) in [6.07, 6.45) is 2.60. The molecule has 134 valence electrons. The Balaban J connectivity index is 1.93. The Labute approximate surface area is 157 Å². The Morgan fingerprint density at radius 1 is 1.12 bits per heavy atom. The van der Waals surface area contributed by atoms with E-state index in [1.54, 1.807) is 6.20 Å². The van der Waals surface area contributed by atoms with Crippen molar-refractivity contribution in [3.05, 3.63) is 64.2 Å². The van der Waals surface area contributed by atoms with Crippen molar-refractivity contribution in [3.63, 3.8) is 0 Å². The number of aryl methyl sites for hydroxylation is 2. The Hall–Kier alpha value is -2.60. The molecule has 3 aromatic rings. The molecular weight excluding hydrogens is 344 g/mol. The smallest absolute Gasteiger partial charge is 0.277 e. The lowest BCUT2D eigenvalue weighted by Crippen LogP contribution is -2.24. The lowest BCUT2D eigenvalue weighted by Gasteiger charge is -2.23. The minimum atomic E-state index is -0.515. The molecule has 0 radical (unpaired) electrons. The molecule has 6 heteroatoms. The average Bonchev–Trinajstić information content (AvgIpc) is 2.99. The summed E-state index contributed by atoms with van der Waals surface area (Å²) in [5.74, 6) is 0.252. The summed E-state index contributed by atoms with van der Waals surface area (Å²) in [5, 5.41) is 0.302. The van der Waals surface area contributed by atoms with Gasteiger partial charge in [-0.05, 0) is 31.9 Å². The number of rotatable bonds is 5. The van der Waals surface area contributed by atoms with Crippen molar-refractivity contribution >= 4 is 17.2 Å². The van der Waals surface area contributed by atoms with Gasteiger partial charge >= 0.3 is 0 Å². The van der Waals surface area contributed by atoms with Crippen LogP contribution < -0.4 is 5.73 Å². The van der Waals surface area contributed by atoms with E-state index in [9.17, 15) is 4.79 Å². The van der Waals surface area contributed by atoms with Gasteiger partial charge in [0.2, 0.25) is 0 Å². The van der Waals surface area contributed by atoms with Crippen molar-refractivity contribution in [2.24, 2.45) is 5.73 Å². The molecule has 1 aromatic carbocycles. The largest absolute Gasteiger partial charge is 0.364 e. The Kier molecular flexibility index (Phi) is 4.87. The third-order valence-corrected chi connectivity index (χ3v) is 5.46. The highest BCUT2D eigenvalue weighted by Crippen LogP contribution is 2.31. The number of carbonyl (C=O) groups is 1. The molecule has 2 N–H and O–H groups in total. The van der Waals surface area contributed by atoms with E-state index in [1.165, 1.54) is 22.5 Å². The molecule has 0 saturated heterocycles. The van der Waals surface area contributed by atoms with Gasteiger partial charge in [0.05, 0.1) is 16.3 Å². The number of nitrogens with two attached hydrogens (primary N) is 1. The molecule has 3 rings (SSSR count). The Bertz CT molecular complexity index is 945. The quantitative estimate of drug-likeness (QED) is 0.744. The fourth-order valence-electron chi connectivity index (χ4n) is 2.85. The first kappa shape index (κ1) is 18.2. The molecule has 0 bridgehead atoms. The second-order valence-electron chi connectivity index (χ2n) is 7.11. The third kappa shape index (κ3) is 3.80. The van der Waals surface area contributed by atoms with E-state index in [0.29, 0.717) is 5.01 Å². The van der Waals surface area contributed by atoms with Gasteiger partial charge in [-0.3, -0.25) is 4.79 Å². The average molecular weight is 366 g/mol. The fraction of sp³-hybridized carbons (Fsp3) is 0.300. The van der Waals surface area contributed by atoms with Crippen LogP contribution in [0, 0.1) is 13.8 Å². The van der Waals surface area contributed by atoms with E-state index >= 15 is 0 Å². The highest BCUT2D eigenvalue weighted by Gasteiger charge is 2.25. The van der Waals surface area contributed by atoms with E-state index < -0.39 is 5.91 Å². The molecule has 0 spiro atoms. The predicted octanol–water partition coefficient (Wildman–Crippen LogP) is 3.84. The second-order valence-corrected chi connectivity index (χ2v) is 8.11. The standard InChI is InChI=1S/C20H22N4OS/c1-12-5-7-14(8-6-12)11-20(3,4)19-22-10-9-15(24-19)16-13(2)23-18(26-16)17(21)25/h5-10H,11H2,1-4H3,(H2,21,25). The zero-order valence-electron chi connectivity index (χ0n) is 15.4. The number of thiazole rings is 1. The van der Waals surface area contributed by atoms with E-state index in [4.69, 9.17) is 10.7 Å². The van der Waals surface area contributed by atoms with Crippen LogP contribution in [0.2, 0.25) is 0 Å². The van der Waals surface area contributed by atoms with Crippen LogP contribution in [-0.2, 0) is 11.8 Å². The lowest BCUT2D eigenvalue weighted by atomic mass is 9.84. The van der Waals surface area contributed by atoms with Crippen LogP contribution in [0.4, 0.5) is 0 Å². The second kappa shape index (κ2) is 6.96. The normalized spacial score (nSPS) is 11.5. The van der Waals surface area contributed by atoms with Crippen LogP contribution in [0.15, 0.2) is 36.5 Å². The van der Waals surface area contributed by atoms with E-state index in [1.807, 2.05) is 13.0 Å². The van der Waals surface area contributed by atoms with Crippen molar-refractivity contribution in [1.29, 1.82) is 0 Å². The summed E-state index contributed by atoms with van der Waals surface area (Å²) in [5.41, 5.74) is 9.14. The summed E-state index contributed by atoms with van der Waals surface area (Å²) in [6.45, 7) is 8.22. The highest BCUT2D eigenvalue weighted by molar-refractivity contribution is 7.17. The van der Waals surface area contributed by atoms with Gasteiger partial charge in [-0.1, -0.05) is 43.7 Å². The molecule has 0 aliphatic carbocycles.